The van der Waals surface area contributed by atoms with Crippen molar-refractivity contribution < 1.29 is 4.79 Å². The van der Waals surface area contributed by atoms with Gasteiger partial charge in [0.05, 0.1) is 12.2 Å². The summed E-state index contributed by atoms with van der Waals surface area (Å²) in [6.07, 6.45) is 3.63. The van der Waals surface area contributed by atoms with Crippen LogP contribution in [-0.4, -0.2) is 49.1 Å². The summed E-state index contributed by atoms with van der Waals surface area (Å²) in [5, 5.41) is 5.92. The summed E-state index contributed by atoms with van der Waals surface area (Å²) >= 11 is 0. The van der Waals surface area contributed by atoms with Gasteiger partial charge in [-0.05, 0) is 44.2 Å². The van der Waals surface area contributed by atoms with Crippen LogP contribution in [-0.2, 0) is 4.79 Å². The van der Waals surface area contributed by atoms with Crippen LogP contribution >= 0.6 is 0 Å². The Bertz CT molecular complexity index is 753. The van der Waals surface area contributed by atoms with Gasteiger partial charge in [-0.2, -0.15) is 0 Å². The molecule has 0 unspecified atom stereocenters. The number of rotatable bonds is 4. The van der Waals surface area contributed by atoms with Crippen LogP contribution in [0.25, 0.3) is 10.8 Å². The fourth-order valence-electron chi connectivity index (χ4n) is 4.25. The van der Waals surface area contributed by atoms with E-state index in [-0.39, 0.29) is 5.91 Å². The van der Waals surface area contributed by atoms with Gasteiger partial charge in [-0.3, -0.25) is 9.69 Å². The quantitative estimate of drug-likeness (QED) is 0.931. The number of benzene rings is 2. The van der Waals surface area contributed by atoms with Crippen molar-refractivity contribution in [3.8, 4) is 0 Å². The van der Waals surface area contributed by atoms with Crippen molar-refractivity contribution in [2.45, 2.75) is 31.7 Å². The van der Waals surface area contributed by atoms with Gasteiger partial charge in [0.1, 0.15) is 0 Å². The highest BCUT2D eigenvalue weighted by Gasteiger charge is 2.39. The molecule has 2 aromatic carbocycles. The van der Waals surface area contributed by atoms with E-state index < -0.39 is 0 Å². The molecule has 2 heterocycles. The molecule has 1 spiro atoms. The highest BCUT2D eigenvalue weighted by atomic mass is 16.2. The highest BCUT2D eigenvalue weighted by Crippen LogP contribution is 2.31. The van der Waals surface area contributed by atoms with Gasteiger partial charge in [0.25, 0.3) is 0 Å². The SMILES string of the molecule is CCN(C(=O)CN1CCC2(CCN2)CC1)c1cccc2ccccc12. The van der Waals surface area contributed by atoms with Crippen molar-refractivity contribution in [1.29, 1.82) is 0 Å². The van der Waals surface area contributed by atoms with Gasteiger partial charge in [-0.25, -0.2) is 0 Å². The zero-order valence-corrected chi connectivity index (χ0v) is 15.0. The van der Waals surface area contributed by atoms with Crippen molar-refractivity contribution in [3.63, 3.8) is 0 Å². The molecule has 2 aliphatic rings. The first-order valence-electron chi connectivity index (χ1n) is 9.46. The molecule has 0 atom stereocenters. The average Bonchev–Trinajstić information content (AvgIpc) is 2.62. The zero-order chi connectivity index (χ0) is 17.3. The summed E-state index contributed by atoms with van der Waals surface area (Å²) in [6, 6.07) is 14.5. The minimum absolute atomic E-state index is 0.205. The summed E-state index contributed by atoms with van der Waals surface area (Å²) in [4.78, 5) is 17.3. The van der Waals surface area contributed by atoms with Crippen LogP contribution in [0.4, 0.5) is 5.69 Å². The van der Waals surface area contributed by atoms with Crippen molar-refractivity contribution in [2.24, 2.45) is 0 Å². The van der Waals surface area contributed by atoms with Crippen LogP contribution in [0.2, 0.25) is 0 Å². The molecule has 25 heavy (non-hydrogen) atoms. The molecule has 4 nitrogen and oxygen atoms in total. The maximum absolute atomic E-state index is 13.0. The Kier molecular flexibility index (Phi) is 4.48. The van der Waals surface area contributed by atoms with Crippen LogP contribution in [0.15, 0.2) is 42.5 Å². The number of nitrogens with zero attached hydrogens (tertiary/aromatic N) is 2. The first-order chi connectivity index (χ1) is 12.2. The molecule has 2 aromatic rings. The van der Waals surface area contributed by atoms with Gasteiger partial charge in [0.15, 0.2) is 0 Å². The smallest absolute Gasteiger partial charge is 0.241 e. The number of hydrogen-bond donors (Lipinski definition) is 1. The average molecular weight is 337 g/mol. The molecule has 2 aliphatic heterocycles. The monoisotopic (exact) mass is 337 g/mol. The lowest BCUT2D eigenvalue weighted by Crippen LogP contribution is -2.62. The van der Waals surface area contributed by atoms with E-state index >= 15 is 0 Å². The van der Waals surface area contributed by atoms with Crippen molar-refractivity contribution in [2.75, 3.05) is 37.6 Å². The first-order valence-corrected chi connectivity index (χ1v) is 9.46. The molecule has 0 saturated carbocycles. The molecule has 0 aromatic heterocycles. The summed E-state index contributed by atoms with van der Waals surface area (Å²) < 4.78 is 0. The van der Waals surface area contributed by atoms with E-state index in [2.05, 4.69) is 41.4 Å². The molecule has 4 heteroatoms. The molecule has 0 radical (unpaired) electrons. The van der Waals surface area contributed by atoms with E-state index in [0.29, 0.717) is 18.6 Å². The lowest BCUT2D eigenvalue weighted by molar-refractivity contribution is -0.120. The first kappa shape index (κ1) is 16.6. The van der Waals surface area contributed by atoms with Crippen LogP contribution in [0.3, 0.4) is 0 Å². The van der Waals surface area contributed by atoms with Gasteiger partial charge >= 0.3 is 0 Å². The number of anilines is 1. The number of piperidine rings is 1. The minimum Gasteiger partial charge on any atom is -0.311 e. The van der Waals surface area contributed by atoms with Crippen molar-refractivity contribution in [1.82, 2.24) is 10.2 Å². The molecule has 2 saturated heterocycles. The molecule has 2 fully saturated rings. The molecule has 0 bridgehead atoms. The summed E-state index contributed by atoms with van der Waals surface area (Å²) in [7, 11) is 0. The third-order valence-electron chi connectivity index (χ3n) is 5.95. The molecular weight excluding hydrogens is 310 g/mol. The predicted molar refractivity (Wildman–Crippen MR) is 103 cm³/mol. The summed E-state index contributed by atoms with van der Waals surface area (Å²) in [5.41, 5.74) is 1.42. The molecule has 1 amide bonds. The highest BCUT2D eigenvalue weighted by molar-refractivity contribution is 6.04. The van der Waals surface area contributed by atoms with E-state index in [4.69, 9.17) is 0 Å². The summed E-state index contributed by atoms with van der Waals surface area (Å²) in [5.74, 6) is 0.205. The molecule has 1 N–H and O–H groups in total. The number of likely N-dealkylation sites (N-methyl/N-ethyl adjacent to an activating group) is 1. The molecular formula is C21H27N3O. The largest absolute Gasteiger partial charge is 0.311 e. The number of hydrogen-bond acceptors (Lipinski definition) is 3. The Labute approximate surface area is 149 Å². The Balaban J connectivity index is 1.48. The molecule has 132 valence electrons. The third kappa shape index (κ3) is 3.16. The van der Waals surface area contributed by atoms with Crippen LogP contribution in [0.5, 0.6) is 0 Å². The molecule has 4 rings (SSSR count). The lowest BCUT2D eigenvalue weighted by Gasteiger charge is -2.49. The number of carbonyl (C=O) groups excluding carboxylic acids is 1. The predicted octanol–water partition coefficient (Wildman–Crippen LogP) is 3.02. The zero-order valence-electron chi connectivity index (χ0n) is 15.0. The van der Waals surface area contributed by atoms with Gasteiger partial charge in [-0.15, -0.1) is 0 Å². The van der Waals surface area contributed by atoms with Gasteiger partial charge in [0, 0.05) is 30.6 Å². The normalized spacial score (nSPS) is 19.7. The van der Waals surface area contributed by atoms with Crippen LogP contribution < -0.4 is 10.2 Å². The van der Waals surface area contributed by atoms with Gasteiger partial charge < -0.3 is 10.2 Å². The van der Waals surface area contributed by atoms with Crippen molar-refractivity contribution in [3.05, 3.63) is 42.5 Å². The second-order valence-electron chi connectivity index (χ2n) is 7.37. The number of nitrogens with one attached hydrogen (secondary N) is 1. The van der Waals surface area contributed by atoms with Crippen LogP contribution in [0.1, 0.15) is 26.2 Å². The lowest BCUT2D eigenvalue weighted by atomic mass is 9.79. The fraction of sp³-hybridized carbons (Fsp3) is 0.476. The maximum atomic E-state index is 13.0. The Hall–Kier alpha value is -1.91. The second kappa shape index (κ2) is 6.77. The number of likely N-dealkylation sites (tertiary alicyclic amines) is 1. The summed E-state index contributed by atoms with van der Waals surface area (Å²) in [6.45, 7) is 6.48. The van der Waals surface area contributed by atoms with E-state index in [1.54, 1.807) is 0 Å². The van der Waals surface area contributed by atoms with E-state index in [0.717, 1.165) is 30.7 Å². The standard InChI is InChI=1S/C21H27N3O/c1-2-24(19-9-5-7-17-6-3-4-8-18(17)19)20(25)16-23-14-11-21(12-15-23)10-13-22-21/h3-9,22H,2,10-16H2,1H3. The number of amides is 1. The van der Waals surface area contributed by atoms with Crippen molar-refractivity contribution >= 4 is 22.4 Å². The number of fused-ring (bicyclic) bond motifs is 1. The minimum atomic E-state index is 0.205. The third-order valence-corrected chi connectivity index (χ3v) is 5.95. The fourth-order valence-corrected chi connectivity index (χ4v) is 4.25. The van der Waals surface area contributed by atoms with Crippen LogP contribution in [0, 0.1) is 0 Å². The van der Waals surface area contributed by atoms with Gasteiger partial charge in [-0.1, -0.05) is 36.4 Å². The van der Waals surface area contributed by atoms with E-state index in [9.17, 15) is 4.79 Å². The van der Waals surface area contributed by atoms with Gasteiger partial charge in [0.2, 0.25) is 5.91 Å². The van der Waals surface area contributed by atoms with E-state index in [1.165, 1.54) is 24.6 Å². The topological polar surface area (TPSA) is 35.6 Å². The number of carbonyl (C=O) groups is 1. The Morgan fingerprint density at radius 3 is 2.52 bits per heavy atom. The Morgan fingerprint density at radius 2 is 1.84 bits per heavy atom. The second-order valence-corrected chi connectivity index (χ2v) is 7.37. The maximum Gasteiger partial charge on any atom is 0.241 e. The van der Waals surface area contributed by atoms with E-state index in [1.807, 2.05) is 23.1 Å². The Morgan fingerprint density at radius 1 is 1.12 bits per heavy atom. The molecule has 0 aliphatic carbocycles.